The minimum Gasteiger partial charge on any atom is -0.455 e. The monoisotopic (exact) mass is 901 g/mol. The van der Waals surface area contributed by atoms with E-state index in [2.05, 4.69) is 239 Å². The predicted molar refractivity (Wildman–Crippen MR) is 293 cm³/mol. The highest BCUT2D eigenvalue weighted by atomic mass is 32.1. The van der Waals surface area contributed by atoms with E-state index in [1.165, 1.54) is 98.2 Å². The van der Waals surface area contributed by atoms with Gasteiger partial charge < -0.3 is 9.32 Å². The van der Waals surface area contributed by atoms with Gasteiger partial charge >= 0.3 is 0 Å². The molecule has 0 bridgehead atoms. The molecule has 0 saturated heterocycles. The van der Waals surface area contributed by atoms with Gasteiger partial charge in [0.15, 0.2) is 0 Å². The van der Waals surface area contributed by atoms with E-state index in [0.29, 0.717) is 0 Å². The summed E-state index contributed by atoms with van der Waals surface area (Å²) in [5.74, 6) is 0. The molecule has 0 amide bonds. The molecule has 3 heteroatoms. The van der Waals surface area contributed by atoms with Gasteiger partial charge in [0.05, 0.1) is 5.69 Å². The normalized spacial score (nSPS) is 14.0. The molecule has 2 aromatic heterocycles. The Labute approximate surface area is 406 Å². The van der Waals surface area contributed by atoms with Crippen molar-refractivity contribution in [3.63, 3.8) is 0 Å². The fourth-order valence-electron chi connectivity index (χ4n) is 12.0. The van der Waals surface area contributed by atoms with Gasteiger partial charge in [-0.2, -0.15) is 0 Å². The average molecular weight is 902 g/mol. The van der Waals surface area contributed by atoms with Crippen molar-refractivity contribution in [2.75, 3.05) is 4.90 Å². The maximum atomic E-state index is 6.49. The minimum absolute atomic E-state index is 0.116. The number of para-hydroxylation sites is 2. The van der Waals surface area contributed by atoms with Crippen LogP contribution in [0, 0.1) is 0 Å². The van der Waals surface area contributed by atoms with Crippen LogP contribution >= 0.6 is 11.3 Å². The molecule has 0 fully saturated rings. The second-order valence-electron chi connectivity index (χ2n) is 20.0. The van der Waals surface area contributed by atoms with E-state index < -0.39 is 0 Å². The van der Waals surface area contributed by atoms with Crippen molar-refractivity contribution in [1.82, 2.24) is 0 Å². The smallest absolute Gasteiger partial charge is 0.143 e. The zero-order valence-corrected chi connectivity index (χ0v) is 39.8. The molecule has 2 aliphatic carbocycles. The van der Waals surface area contributed by atoms with Gasteiger partial charge in [0.25, 0.3) is 0 Å². The van der Waals surface area contributed by atoms with Gasteiger partial charge in [-0.1, -0.05) is 185 Å². The van der Waals surface area contributed by atoms with Crippen LogP contribution in [-0.2, 0) is 10.8 Å². The summed E-state index contributed by atoms with van der Waals surface area (Å²) in [6.45, 7) is 9.45. The quantitative estimate of drug-likeness (QED) is 0.165. The SMILES string of the molecule is CC1(C)c2ccc(-c3ccc(N(c4ccc(-c5cccc6c5sc5ccccc56)cc4)c4cccc5c4-c4ccccc4C5(C)C)cc3)cc2-c2ccc(-c3cccc4c3oc3ccccc34)cc21. The molecule has 69 heavy (non-hydrogen) atoms. The molecular weight excluding hydrogens is 855 g/mol. The van der Waals surface area contributed by atoms with E-state index in [1.54, 1.807) is 0 Å². The van der Waals surface area contributed by atoms with Crippen LogP contribution in [0.4, 0.5) is 17.1 Å². The van der Waals surface area contributed by atoms with Crippen molar-refractivity contribution in [2.24, 2.45) is 0 Å². The van der Waals surface area contributed by atoms with Gasteiger partial charge in [0, 0.05) is 64.3 Å². The third-order valence-corrected chi connectivity index (χ3v) is 16.7. The van der Waals surface area contributed by atoms with Crippen molar-refractivity contribution < 1.29 is 4.42 Å². The van der Waals surface area contributed by atoms with Crippen molar-refractivity contribution in [3.8, 4) is 55.6 Å². The van der Waals surface area contributed by atoms with E-state index in [4.69, 9.17) is 4.42 Å². The van der Waals surface area contributed by atoms with Crippen LogP contribution in [0.3, 0.4) is 0 Å². The van der Waals surface area contributed by atoms with Crippen molar-refractivity contribution >= 4 is 70.5 Å². The highest BCUT2D eigenvalue weighted by molar-refractivity contribution is 7.26. The standard InChI is InChI=1S/C66H47NOS/c1-65(2)55-21-8-5-16-53(55)62-57(65)22-13-23-59(62)67(45-34-28-41(29-35-45)47-18-12-20-52-50-15-7-10-25-61(50)69-64(47)52)44-32-26-40(27-33-44)42-31-37-56-54(38-42)48-36-30-43(39-58(48)66(56,3)4)46-17-11-19-51-49-14-6-9-24-60(49)68-63(46)51/h5-39H,1-4H3. The number of fused-ring (bicyclic) bond motifs is 12. The molecule has 0 spiro atoms. The molecular formula is C66H47NOS. The van der Waals surface area contributed by atoms with Crippen molar-refractivity contribution in [1.29, 1.82) is 0 Å². The van der Waals surface area contributed by atoms with Crippen LogP contribution in [0.15, 0.2) is 217 Å². The Hall–Kier alpha value is -7.98. The van der Waals surface area contributed by atoms with Crippen LogP contribution < -0.4 is 4.90 Å². The van der Waals surface area contributed by atoms with Crippen LogP contribution in [0.1, 0.15) is 49.9 Å². The fraction of sp³-hybridized carbons (Fsp3) is 0.0909. The summed E-state index contributed by atoms with van der Waals surface area (Å²) < 4.78 is 9.15. The number of rotatable bonds is 6. The summed E-state index contributed by atoms with van der Waals surface area (Å²) in [7, 11) is 0. The largest absolute Gasteiger partial charge is 0.455 e. The molecule has 0 radical (unpaired) electrons. The highest BCUT2D eigenvalue weighted by Crippen LogP contribution is 2.55. The Morgan fingerprint density at radius 1 is 0.377 bits per heavy atom. The van der Waals surface area contributed by atoms with Crippen molar-refractivity contribution in [2.45, 2.75) is 38.5 Å². The van der Waals surface area contributed by atoms with E-state index in [0.717, 1.165) is 38.9 Å². The summed E-state index contributed by atoms with van der Waals surface area (Å²) >= 11 is 1.88. The molecule has 0 aliphatic heterocycles. The summed E-state index contributed by atoms with van der Waals surface area (Å²) in [4.78, 5) is 2.47. The maximum absolute atomic E-state index is 6.49. The fourth-order valence-corrected chi connectivity index (χ4v) is 13.2. The Kier molecular flexibility index (Phi) is 8.58. The Morgan fingerprint density at radius 2 is 0.971 bits per heavy atom. The molecule has 0 atom stereocenters. The van der Waals surface area contributed by atoms with Crippen LogP contribution in [-0.4, -0.2) is 0 Å². The molecule has 2 aliphatic rings. The van der Waals surface area contributed by atoms with Gasteiger partial charge in [-0.3, -0.25) is 0 Å². The number of furan rings is 1. The Bertz CT molecular complexity index is 4070. The molecule has 14 rings (SSSR count). The van der Waals surface area contributed by atoms with Gasteiger partial charge in [-0.25, -0.2) is 0 Å². The van der Waals surface area contributed by atoms with E-state index in [9.17, 15) is 0 Å². The topological polar surface area (TPSA) is 16.4 Å². The van der Waals surface area contributed by atoms with E-state index in [-0.39, 0.29) is 10.8 Å². The summed E-state index contributed by atoms with van der Waals surface area (Å²) in [6, 6.07) is 78.7. The zero-order chi connectivity index (χ0) is 46.2. The molecule has 0 N–H and O–H groups in total. The molecule has 0 unspecified atom stereocenters. The van der Waals surface area contributed by atoms with Gasteiger partial charge in [0.2, 0.25) is 0 Å². The average Bonchev–Trinajstić information content (AvgIpc) is 4.10. The van der Waals surface area contributed by atoms with Crippen LogP contribution in [0.5, 0.6) is 0 Å². The van der Waals surface area contributed by atoms with E-state index >= 15 is 0 Å². The minimum atomic E-state index is -0.158. The lowest BCUT2D eigenvalue weighted by atomic mass is 9.81. The molecule has 12 aromatic rings. The first-order chi connectivity index (χ1) is 33.7. The predicted octanol–water partition coefficient (Wildman–Crippen LogP) is 19.0. The summed E-state index contributed by atoms with van der Waals surface area (Å²) in [5.41, 5.74) is 22.9. The number of thiophene rings is 1. The lowest BCUT2D eigenvalue weighted by molar-refractivity contribution is 0.660. The number of nitrogens with zero attached hydrogens (tertiary/aromatic N) is 1. The number of benzene rings is 10. The highest BCUT2D eigenvalue weighted by Gasteiger charge is 2.38. The third kappa shape index (κ3) is 5.90. The molecule has 10 aromatic carbocycles. The summed E-state index contributed by atoms with van der Waals surface area (Å²) in [5, 5.41) is 4.95. The van der Waals surface area contributed by atoms with E-state index in [1.807, 2.05) is 17.4 Å². The second-order valence-corrected chi connectivity index (χ2v) is 21.1. The molecule has 0 saturated carbocycles. The zero-order valence-electron chi connectivity index (χ0n) is 39.0. The summed E-state index contributed by atoms with van der Waals surface area (Å²) in [6.07, 6.45) is 0. The molecule has 2 heterocycles. The first-order valence-corrected chi connectivity index (χ1v) is 24.9. The second kappa shape index (κ2) is 14.8. The first kappa shape index (κ1) is 40.1. The van der Waals surface area contributed by atoms with Gasteiger partial charge in [-0.15, -0.1) is 11.3 Å². The Morgan fingerprint density at radius 3 is 1.80 bits per heavy atom. The van der Waals surface area contributed by atoms with Crippen LogP contribution in [0.2, 0.25) is 0 Å². The van der Waals surface area contributed by atoms with Gasteiger partial charge in [-0.05, 0) is 121 Å². The third-order valence-electron chi connectivity index (χ3n) is 15.5. The number of hydrogen-bond donors (Lipinski definition) is 0. The van der Waals surface area contributed by atoms with Crippen LogP contribution in [0.25, 0.3) is 97.7 Å². The molecule has 2 nitrogen and oxygen atoms in total. The van der Waals surface area contributed by atoms with Gasteiger partial charge in [0.1, 0.15) is 11.2 Å². The maximum Gasteiger partial charge on any atom is 0.143 e. The lowest BCUT2D eigenvalue weighted by Gasteiger charge is -2.29. The number of hydrogen-bond acceptors (Lipinski definition) is 3. The first-order valence-electron chi connectivity index (χ1n) is 24.1. The van der Waals surface area contributed by atoms with Crippen molar-refractivity contribution in [3.05, 3.63) is 235 Å². The lowest BCUT2D eigenvalue weighted by Crippen LogP contribution is -2.16. The molecule has 328 valence electrons. The Balaban J connectivity index is 0.854. The number of anilines is 3.